The van der Waals surface area contributed by atoms with Gasteiger partial charge in [-0.3, -0.25) is 9.59 Å². The smallest absolute Gasteiger partial charge is 0.329 e. The van der Waals surface area contributed by atoms with Crippen molar-refractivity contribution >= 4 is 35.3 Å². The van der Waals surface area contributed by atoms with Crippen LogP contribution in [0.25, 0.3) is 0 Å². The van der Waals surface area contributed by atoms with Crippen molar-refractivity contribution in [2.75, 3.05) is 5.32 Å². The van der Waals surface area contributed by atoms with Gasteiger partial charge in [0.05, 0.1) is 6.21 Å². The summed E-state index contributed by atoms with van der Waals surface area (Å²) in [5, 5.41) is 7.04. The van der Waals surface area contributed by atoms with Crippen LogP contribution in [-0.4, -0.2) is 18.0 Å². The number of rotatable bonds is 6. The van der Waals surface area contributed by atoms with Crippen LogP contribution in [0.4, 0.5) is 5.69 Å². The Morgan fingerprint density at radius 1 is 0.967 bits per heavy atom. The molecule has 6 nitrogen and oxygen atoms in total. The van der Waals surface area contributed by atoms with E-state index in [9.17, 15) is 9.59 Å². The molecular weight excluding hydrogens is 402 g/mol. The molecule has 0 saturated carbocycles. The second-order valence-corrected chi connectivity index (χ2v) is 6.79. The van der Waals surface area contributed by atoms with E-state index in [1.165, 1.54) is 6.21 Å². The fraction of sp³-hybridized carbons (Fsp3) is 0.0870. The fourth-order valence-corrected chi connectivity index (χ4v) is 2.78. The molecule has 2 amide bonds. The third kappa shape index (κ3) is 5.68. The lowest BCUT2D eigenvalue weighted by Crippen LogP contribution is -2.32. The van der Waals surface area contributed by atoms with Gasteiger partial charge in [-0.05, 0) is 36.8 Å². The molecule has 30 heavy (non-hydrogen) atoms. The van der Waals surface area contributed by atoms with E-state index in [0.717, 1.165) is 11.1 Å². The standard InChI is InChI=1S/C23H20ClN3O3/c1-16-8-2-6-12-20(16)26-22(28)23(29)27-25-14-17-9-4-7-13-21(17)30-15-18-10-3-5-11-19(18)24/h2-14H,15H2,1H3,(H,26,28)(H,27,29). The highest BCUT2D eigenvalue weighted by molar-refractivity contribution is 6.39. The molecular formula is C23H20ClN3O3. The highest BCUT2D eigenvalue weighted by Crippen LogP contribution is 2.21. The minimum Gasteiger partial charge on any atom is -0.488 e. The summed E-state index contributed by atoms with van der Waals surface area (Å²) in [6.07, 6.45) is 1.42. The van der Waals surface area contributed by atoms with Gasteiger partial charge in [-0.1, -0.05) is 60.1 Å². The molecule has 0 radical (unpaired) electrons. The first-order valence-corrected chi connectivity index (χ1v) is 9.57. The van der Waals surface area contributed by atoms with Crippen molar-refractivity contribution in [2.24, 2.45) is 5.10 Å². The zero-order valence-corrected chi connectivity index (χ0v) is 17.0. The maximum Gasteiger partial charge on any atom is 0.329 e. The zero-order chi connectivity index (χ0) is 21.3. The van der Waals surface area contributed by atoms with Gasteiger partial charge in [0.15, 0.2) is 0 Å². The first-order chi connectivity index (χ1) is 14.5. The van der Waals surface area contributed by atoms with E-state index in [0.29, 0.717) is 22.0 Å². The van der Waals surface area contributed by atoms with Crippen LogP contribution in [0.3, 0.4) is 0 Å². The summed E-state index contributed by atoms with van der Waals surface area (Å²) in [7, 11) is 0. The van der Waals surface area contributed by atoms with E-state index < -0.39 is 11.8 Å². The number of benzene rings is 3. The van der Waals surface area contributed by atoms with Crippen LogP contribution in [0.1, 0.15) is 16.7 Å². The number of hydrogen-bond acceptors (Lipinski definition) is 4. The largest absolute Gasteiger partial charge is 0.488 e. The molecule has 0 heterocycles. The Bertz CT molecular complexity index is 1080. The van der Waals surface area contributed by atoms with E-state index in [4.69, 9.17) is 16.3 Å². The second kappa shape index (κ2) is 10.2. The van der Waals surface area contributed by atoms with E-state index in [-0.39, 0.29) is 6.61 Å². The third-order valence-electron chi connectivity index (χ3n) is 4.23. The van der Waals surface area contributed by atoms with E-state index >= 15 is 0 Å². The quantitative estimate of drug-likeness (QED) is 0.353. The molecule has 0 atom stereocenters. The van der Waals surface area contributed by atoms with Crippen LogP contribution in [-0.2, 0) is 16.2 Å². The van der Waals surface area contributed by atoms with Crippen molar-refractivity contribution in [1.82, 2.24) is 5.43 Å². The monoisotopic (exact) mass is 421 g/mol. The normalized spacial score (nSPS) is 10.6. The molecule has 2 N–H and O–H groups in total. The average molecular weight is 422 g/mol. The van der Waals surface area contributed by atoms with Gasteiger partial charge in [0, 0.05) is 21.8 Å². The van der Waals surface area contributed by atoms with Gasteiger partial charge in [0.25, 0.3) is 0 Å². The third-order valence-corrected chi connectivity index (χ3v) is 4.60. The van der Waals surface area contributed by atoms with Crippen molar-refractivity contribution < 1.29 is 14.3 Å². The summed E-state index contributed by atoms with van der Waals surface area (Å²) < 4.78 is 5.83. The lowest BCUT2D eigenvalue weighted by Gasteiger charge is -2.10. The van der Waals surface area contributed by atoms with Crippen LogP contribution in [0.15, 0.2) is 77.9 Å². The van der Waals surface area contributed by atoms with Gasteiger partial charge >= 0.3 is 11.8 Å². The topological polar surface area (TPSA) is 79.8 Å². The number of aryl methyl sites for hydroxylation is 1. The first-order valence-electron chi connectivity index (χ1n) is 9.20. The van der Waals surface area contributed by atoms with Gasteiger partial charge < -0.3 is 10.1 Å². The van der Waals surface area contributed by atoms with Crippen LogP contribution < -0.4 is 15.5 Å². The van der Waals surface area contributed by atoms with Crippen LogP contribution in [0, 0.1) is 6.92 Å². The Hall–Kier alpha value is -3.64. The Morgan fingerprint density at radius 3 is 2.47 bits per heavy atom. The van der Waals surface area contributed by atoms with Crippen molar-refractivity contribution in [1.29, 1.82) is 0 Å². The number of nitrogens with one attached hydrogen (secondary N) is 2. The number of amides is 2. The number of halogens is 1. The predicted octanol–water partition coefficient (Wildman–Crippen LogP) is 4.32. The summed E-state index contributed by atoms with van der Waals surface area (Å²) in [6, 6.07) is 21.8. The Balaban J connectivity index is 1.59. The van der Waals surface area contributed by atoms with Crippen LogP contribution >= 0.6 is 11.6 Å². The molecule has 152 valence electrons. The van der Waals surface area contributed by atoms with Crippen LogP contribution in [0.2, 0.25) is 5.02 Å². The number of nitrogens with zero attached hydrogens (tertiary/aromatic N) is 1. The van der Waals surface area contributed by atoms with Gasteiger partial charge in [-0.25, -0.2) is 5.43 Å². The Kier molecular flexibility index (Phi) is 7.19. The van der Waals surface area contributed by atoms with Crippen molar-refractivity contribution in [2.45, 2.75) is 13.5 Å². The van der Waals surface area contributed by atoms with E-state index in [1.54, 1.807) is 30.3 Å². The summed E-state index contributed by atoms with van der Waals surface area (Å²) in [6.45, 7) is 2.13. The molecule has 0 unspecified atom stereocenters. The average Bonchev–Trinajstić information content (AvgIpc) is 2.75. The molecule has 0 fully saturated rings. The second-order valence-electron chi connectivity index (χ2n) is 6.39. The minimum absolute atomic E-state index is 0.287. The molecule has 7 heteroatoms. The fourth-order valence-electron chi connectivity index (χ4n) is 2.59. The molecule has 3 aromatic carbocycles. The number of carbonyl (C=O) groups is 2. The van der Waals surface area contributed by atoms with Gasteiger partial charge in [-0.2, -0.15) is 5.10 Å². The van der Waals surface area contributed by atoms with E-state index in [2.05, 4.69) is 15.8 Å². The summed E-state index contributed by atoms with van der Waals surface area (Å²) in [5.41, 5.74) is 5.14. The number of carbonyl (C=O) groups excluding carboxylic acids is 2. The number of para-hydroxylation sites is 2. The predicted molar refractivity (Wildman–Crippen MR) is 118 cm³/mol. The van der Waals surface area contributed by atoms with Crippen molar-refractivity contribution in [3.63, 3.8) is 0 Å². The molecule has 0 bridgehead atoms. The lowest BCUT2D eigenvalue weighted by molar-refractivity contribution is -0.136. The number of ether oxygens (including phenoxy) is 1. The number of hydrazone groups is 1. The summed E-state index contributed by atoms with van der Waals surface area (Å²) in [5.74, 6) is -1.10. The molecule has 0 aromatic heterocycles. The van der Waals surface area contributed by atoms with Crippen LogP contribution in [0.5, 0.6) is 5.75 Å². The maximum absolute atomic E-state index is 12.0. The molecule has 0 spiro atoms. The number of hydrogen-bond donors (Lipinski definition) is 2. The Morgan fingerprint density at radius 2 is 1.67 bits per heavy atom. The van der Waals surface area contributed by atoms with Crippen molar-refractivity contribution in [3.8, 4) is 5.75 Å². The van der Waals surface area contributed by atoms with Gasteiger partial charge in [-0.15, -0.1) is 0 Å². The molecule has 0 aliphatic heterocycles. The van der Waals surface area contributed by atoms with E-state index in [1.807, 2.05) is 49.4 Å². The molecule has 0 saturated heterocycles. The molecule has 0 aliphatic carbocycles. The summed E-state index contributed by atoms with van der Waals surface area (Å²) in [4.78, 5) is 24.0. The summed E-state index contributed by atoms with van der Waals surface area (Å²) >= 11 is 6.15. The van der Waals surface area contributed by atoms with Gasteiger partial charge in [0.1, 0.15) is 12.4 Å². The first kappa shape index (κ1) is 21.1. The lowest BCUT2D eigenvalue weighted by atomic mass is 10.2. The van der Waals surface area contributed by atoms with Crippen molar-refractivity contribution in [3.05, 3.63) is 94.5 Å². The molecule has 3 rings (SSSR count). The molecule has 3 aromatic rings. The van der Waals surface area contributed by atoms with Gasteiger partial charge in [0.2, 0.25) is 0 Å². The highest BCUT2D eigenvalue weighted by Gasteiger charge is 2.13. The Labute approximate surface area is 179 Å². The zero-order valence-electron chi connectivity index (χ0n) is 16.3. The highest BCUT2D eigenvalue weighted by atomic mass is 35.5. The SMILES string of the molecule is Cc1ccccc1NC(=O)C(=O)NN=Cc1ccccc1OCc1ccccc1Cl. The minimum atomic E-state index is -0.871. The number of anilines is 1. The molecule has 0 aliphatic rings. The maximum atomic E-state index is 12.0.